The Labute approximate surface area is 69.5 Å². The van der Waals surface area contributed by atoms with Crippen molar-refractivity contribution in [2.75, 3.05) is 0 Å². The van der Waals surface area contributed by atoms with Gasteiger partial charge in [0.1, 0.15) is 0 Å². The zero-order valence-electron chi connectivity index (χ0n) is 1.58. The number of hydrogen-bond acceptors (Lipinski definition) is 0. The van der Waals surface area contributed by atoms with Crippen LogP contribution in [0.5, 0.6) is 0 Å². The van der Waals surface area contributed by atoms with Gasteiger partial charge in [-0.2, -0.15) is 0 Å². The summed E-state index contributed by atoms with van der Waals surface area (Å²) >= 11 is 0. The molecule has 0 aromatic heterocycles. The molecule has 0 aliphatic rings. The molecule has 0 bridgehead atoms. The minimum Gasteiger partial charge on any atom is 0 e. The van der Waals surface area contributed by atoms with Crippen molar-refractivity contribution >= 4 is 19.8 Å². The van der Waals surface area contributed by atoms with Gasteiger partial charge in [0.15, 0.2) is 0 Å². The van der Waals surface area contributed by atoms with Gasteiger partial charge in [-0.05, 0) is 0 Å². The van der Waals surface area contributed by atoms with Gasteiger partial charge < -0.3 is 0 Å². The second kappa shape index (κ2) is 19.2. The van der Waals surface area contributed by atoms with E-state index < -0.39 is 0 Å². The minimum absolute atomic E-state index is 0. The third-order valence-corrected chi connectivity index (χ3v) is 0. The average Bonchev–Trinajstić information content (AvgIpc) is 0. The van der Waals surface area contributed by atoms with Gasteiger partial charge in [-0.15, -0.1) is 0 Å². The zero-order chi connectivity index (χ0) is 0. The van der Waals surface area contributed by atoms with Crippen LogP contribution in [0.15, 0.2) is 0 Å². The van der Waals surface area contributed by atoms with E-state index in [4.69, 9.17) is 0 Å². The molecule has 0 saturated carbocycles. The van der Waals surface area contributed by atoms with Crippen molar-refractivity contribution in [1.29, 1.82) is 0 Å². The van der Waals surface area contributed by atoms with Crippen LogP contribution in [0.1, 0.15) is 0 Å². The molecule has 4 heavy (non-hydrogen) atoms. The van der Waals surface area contributed by atoms with Gasteiger partial charge in [-0.1, -0.05) is 0 Å². The smallest absolute Gasteiger partial charge is 0 e. The van der Waals surface area contributed by atoms with Gasteiger partial charge in [0.05, 0.1) is 0 Å². The van der Waals surface area contributed by atoms with E-state index >= 15 is 0 Å². The fourth-order valence-corrected chi connectivity index (χ4v) is 0. The Hall–Kier alpha value is 2.16. The summed E-state index contributed by atoms with van der Waals surface area (Å²) in [5, 5.41) is 0. The van der Waals surface area contributed by atoms with Crippen LogP contribution in [0.3, 0.4) is 0 Å². The van der Waals surface area contributed by atoms with Crippen molar-refractivity contribution < 1.29 is 50.3 Å². The summed E-state index contributed by atoms with van der Waals surface area (Å²) in [5.41, 5.74) is 0. The quantitative estimate of drug-likeness (QED) is 0.508. The fourth-order valence-electron chi connectivity index (χ4n) is 0. The summed E-state index contributed by atoms with van der Waals surface area (Å²) in [4.78, 5) is 0. The van der Waals surface area contributed by atoms with Gasteiger partial charge in [-0.25, -0.2) is 0 Å². The van der Waals surface area contributed by atoms with Crippen molar-refractivity contribution in [3.05, 3.63) is 0 Å². The first-order chi connectivity index (χ1) is 0. The first kappa shape index (κ1) is 35.2. The van der Waals surface area contributed by atoms with E-state index in [1.165, 1.54) is 0 Å². The summed E-state index contributed by atoms with van der Waals surface area (Å²) in [6.07, 6.45) is 0. The summed E-state index contributed by atoms with van der Waals surface area (Å²) in [5.74, 6) is 0. The van der Waals surface area contributed by atoms with Gasteiger partial charge in [0.2, 0.25) is 0 Å². The zero-order valence-corrected chi connectivity index (χ0v) is 7.14. The molecule has 0 amide bonds. The molecule has 4 radical (unpaired) electrons. The van der Waals surface area contributed by atoms with Crippen LogP contribution in [-0.4, -0.2) is 19.8 Å². The van der Waals surface area contributed by atoms with Crippen molar-refractivity contribution in [2.45, 2.75) is 0 Å². The van der Waals surface area contributed by atoms with Crippen LogP contribution < -0.4 is 0 Å². The Morgan fingerprint density at radius 2 is 1.00 bits per heavy atom. The molecule has 0 heterocycles. The predicted octanol–water partition coefficient (Wildman–Crippen LogP) is -0.388. The van der Waals surface area contributed by atoms with Crippen LogP contribution in [0.4, 0.5) is 0 Å². The van der Waals surface area contributed by atoms with Crippen molar-refractivity contribution in [1.82, 2.24) is 0 Å². The number of hydrogen-bond donors (Lipinski definition) is 0. The predicted molar refractivity (Wildman–Crippen MR) is 5.75 cm³/mol. The van der Waals surface area contributed by atoms with E-state index in [-0.39, 0.29) is 70.1 Å². The molecular formula is CoFeGaNi. The maximum Gasteiger partial charge on any atom is 0 e. The molecule has 0 fully saturated rings. The first-order valence-electron chi connectivity index (χ1n) is 0. The normalized spacial score (nSPS) is 0. The van der Waals surface area contributed by atoms with E-state index in [1.807, 2.05) is 0 Å². The van der Waals surface area contributed by atoms with Crippen LogP contribution >= 0.6 is 0 Å². The monoisotopic (exact) mass is 242 g/mol. The molecule has 0 saturated heterocycles. The van der Waals surface area contributed by atoms with E-state index in [0.29, 0.717) is 0 Å². The molecule has 0 rings (SSSR count). The van der Waals surface area contributed by atoms with Crippen molar-refractivity contribution in [3.8, 4) is 0 Å². The summed E-state index contributed by atoms with van der Waals surface area (Å²) < 4.78 is 0. The van der Waals surface area contributed by atoms with Gasteiger partial charge in [-0.3, -0.25) is 0 Å². The van der Waals surface area contributed by atoms with E-state index in [9.17, 15) is 0 Å². The van der Waals surface area contributed by atoms with Crippen LogP contribution in [0.25, 0.3) is 0 Å². The Morgan fingerprint density at radius 1 is 1.00 bits per heavy atom. The first-order valence-corrected chi connectivity index (χ1v) is 0. The SMILES string of the molecule is [Co].[Fe].[Ga].[Ni]. The third-order valence-electron chi connectivity index (χ3n) is 0. The van der Waals surface area contributed by atoms with Gasteiger partial charge >= 0.3 is 0 Å². The van der Waals surface area contributed by atoms with E-state index in [0.717, 1.165) is 0 Å². The van der Waals surface area contributed by atoms with Crippen molar-refractivity contribution in [2.24, 2.45) is 0 Å². The third kappa shape index (κ3) is 8.91. The van der Waals surface area contributed by atoms with E-state index in [1.54, 1.807) is 0 Å². The average molecular weight is 243 g/mol. The molecule has 0 aromatic rings. The molecule has 0 aliphatic carbocycles. The maximum absolute atomic E-state index is 0. The molecule has 4 heteroatoms. The fraction of sp³-hybridized carbons (Fsp3) is 0. The molecule has 0 aromatic carbocycles. The Morgan fingerprint density at radius 3 is 1.00 bits per heavy atom. The standard InChI is InChI=1S/Co.Fe.Ga.Ni. The number of rotatable bonds is 0. The topological polar surface area (TPSA) is 0 Å². The van der Waals surface area contributed by atoms with Crippen molar-refractivity contribution in [3.63, 3.8) is 0 Å². The second-order valence-electron chi connectivity index (χ2n) is 0. The van der Waals surface area contributed by atoms with E-state index in [2.05, 4.69) is 0 Å². The van der Waals surface area contributed by atoms with Crippen LogP contribution in [0.2, 0.25) is 0 Å². The Balaban J connectivity index is 0. The molecule has 0 nitrogen and oxygen atoms in total. The Kier molecular flexibility index (Phi) is 169. The molecule has 0 unspecified atom stereocenters. The summed E-state index contributed by atoms with van der Waals surface area (Å²) in [7, 11) is 0. The second-order valence-corrected chi connectivity index (χ2v) is 0. The van der Waals surface area contributed by atoms with Gasteiger partial charge in [0.25, 0.3) is 0 Å². The molecule has 0 spiro atoms. The largest absolute Gasteiger partial charge is 0 e. The molecular weight excluding hydrogens is 243 g/mol. The molecule has 30 valence electrons. The Bertz CT molecular complexity index is 8.00. The van der Waals surface area contributed by atoms with Crippen LogP contribution in [0, 0.1) is 0 Å². The summed E-state index contributed by atoms with van der Waals surface area (Å²) in [6.45, 7) is 0. The molecule has 0 atom stereocenters. The maximum atomic E-state index is 0. The summed E-state index contributed by atoms with van der Waals surface area (Å²) in [6, 6.07) is 0. The van der Waals surface area contributed by atoms with Crippen LogP contribution in [-0.2, 0) is 50.3 Å². The van der Waals surface area contributed by atoms with Gasteiger partial charge in [0, 0.05) is 70.1 Å². The molecule has 0 N–H and O–H groups in total. The minimum atomic E-state index is 0. The molecule has 0 aliphatic heterocycles.